The molecule has 0 saturated carbocycles. The predicted octanol–water partition coefficient (Wildman–Crippen LogP) is 4.60. The van der Waals surface area contributed by atoms with Gasteiger partial charge in [0.25, 0.3) is 0 Å². The molecule has 0 saturated heterocycles. The van der Waals surface area contributed by atoms with Crippen LogP contribution in [0.5, 0.6) is 0 Å². The normalized spacial score (nSPS) is 12.1. The van der Waals surface area contributed by atoms with Gasteiger partial charge in [-0.1, -0.05) is 36.4 Å². The molecular weight excluding hydrogens is 295 g/mol. The Labute approximate surface area is 106 Å². The van der Waals surface area contributed by atoms with E-state index in [1.165, 1.54) is 14.7 Å². The van der Waals surface area contributed by atoms with Crippen LogP contribution in [0.25, 0.3) is 0 Å². The topological polar surface area (TPSA) is 0 Å². The Bertz CT molecular complexity index is 352. The number of hydrogen-bond donors (Lipinski definition) is 0. The van der Waals surface area contributed by atoms with Crippen LogP contribution in [0, 0.1) is 9.49 Å². The second-order valence-corrected chi connectivity index (χ2v) is 5.03. The Morgan fingerprint density at radius 1 is 1.47 bits per heavy atom. The van der Waals surface area contributed by atoms with E-state index < -0.39 is 0 Å². The van der Waals surface area contributed by atoms with Crippen molar-refractivity contribution in [1.29, 1.82) is 0 Å². The molecule has 0 aliphatic rings. The molecule has 1 aromatic rings. The number of benzene rings is 1. The number of allylic oxidation sites excluding steroid dienone is 2. The van der Waals surface area contributed by atoms with Crippen LogP contribution < -0.4 is 0 Å². The Kier molecular flexibility index (Phi) is 5.09. The van der Waals surface area contributed by atoms with Crippen molar-refractivity contribution in [2.45, 2.75) is 19.8 Å². The van der Waals surface area contributed by atoms with Gasteiger partial charge in [-0.15, -0.1) is 6.58 Å². The van der Waals surface area contributed by atoms with Crippen LogP contribution in [-0.4, -0.2) is 0 Å². The summed E-state index contributed by atoms with van der Waals surface area (Å²) in [6, 6.07) is 8.52. The molecule has 0 spiro atoms. The van der Waals surface area contributed by atoms with E-state index in [1.54, 1.807) is 0 Å². The van der Waals surface area contributed by atoms with Crippen molar-refractivity contribution in [3.63, 3.8) is 0 Å². The van der Waals surface area contributed by atoms with Gasteiger partial charge in [-0.25, -0.2) is 0 Å². The second kappa shape index (κ2) is 6.11. The summed E-state index contributed by atoms with van der Waals surface area (Å²) < 4.78 is 1.34. The number of halogens is 1. The monoisotopic (exact) mass is 312 g/mol. The summed E-state index contributed by atoms with van der Waals surface area (Å²) in [5.74, 6) is 0.526. The lowest BCUT2D eigenvalue weighted by molar-refractivity contribution is 0.620. The van der Waals surface area contributed by atoms with Gasteiger partial charge in [-0.3, -0.25) is 0 Å². The predicted molar refractivity (Wildman–Crippen MR) is 76.0 cm³/mol. The van der Waals surface area contributed by atoms with E-state index in [2.05, 4.69) is 66.9 Å². The van der Waals surface area contributed by atoms with Crippen molar-refractivity contribution < 1.29 is 0 Å². The number of hydrogen-bond acceptors (Lipinski definition) is 0. The molecule has 0 aliphatic carbocycles. The van der Waals surface area contributed by atoms with Gasteiger partial charge in [0, 0.05) is 3.57 Å². The zero-order valence-corrected chi connectivity index (χ0v) is 11.3. The van der Waals surface area contributed by atoms with Crippen molar-refractivity contribution in [3.8, 4) is 0 Å². The summed E-state index contributed by atoms with van der Waals surface area (Å²) in [5, 5.41) is 0. The van der Waals surface area contributed by atoms with Crippen molar-refractivity contribution in [3.05, 3.63) is 58.2 Å². The van der Waals surface area contributed by atoms with Crippen molar-refractivity contribution >= 4 is 22.6 Å². The maximum Gasteiger partial charge on any atom is 0.0162 e. The smallest absolute Gasteiger partial charge is 0.0162 e. The van der Waals surface area contributed by atoms with Gasteiger partial charge >= 0.3 is 0 Å². The number of rotatable bonds is 5. The zero-order chi connectivity index (χ0) is 11.3. The molecule has 0 bridgehead atoms. The molecule has 0 N–H and O–H groups in total. The van der Waals surface area contributed by atoms with Crippen LogP contribution in [0.15, 0.2) is 49.1 Å². The average molecular weight is 312 g/mol. The Morgan fingerprint density at radius 2 is 2.13 bits per heavy atom. The summed E-state index contributed by atoms with van der Waals surface area (Å²) in [6.07, 6.45) is 4.07. The average Bonchev–Trinajstić information content (AvgIpc) is 2.20. The standard InChI is InChI=1S/C14H17I/c1-4-7-12(11(2)3)10-13-8-5-6-9-14(13)15/h4-6,8-9,12H,1-2,7,10H2,3H3. The highest BCUT2D eigenvalue weighted by Crippen LogP contribution is 2.22. The molecule has 0 aliphatic heterocycles. The molecule has 0 fully saturated rings. The van der Waals surface area contributed by atoms with E-state index in [0.29, 0.717) is 5.92 Å². The molecule has 0 radical (unpaired) electrons. The summed E-state index contributed by atoms with van der Waals surface area (Å²) >= 11 is 2.39. The molecule has 1 atom stereocenters. The van der Waals surface area contributed by atoms with Gasteiger partial charge in [-0.05, 0) is 59.9 Å². The van der Waals surface area contributed by atoms with E-state index in [0.717, 1.165) is 12.8 Å². The van der Waals surface area contributed by atoms with Crippen LogP contribution in [0.3, 0.4) is 0 Å². The lowest BCUT2D eigenvalue weighted by atomic mass is 9.91. The molecule has 0 amide bonds. The molecule has 0 heterocycles. The molecule has 0 aromatic heterocycles. The van der Waals surface area contributed by atoms with E-state index >= 15 is 0 Å². The Hall–Kier alpha value is -0.570. The molecular formula is C14H17I. The van der Waals surface area contributed by atoms with Crippen LogP contribution in [0.2, 0.25) is 0 Å². The van der Waals surface area contributed by atoms with Gasteiger partial charge in [0.05, 0.1) is 0 Å². The van der Waals surface area contributed by atoms with Crippen molar-refractivity contribution in [2.75, 3.05) is 0 Å². The SMILES string of the molecule is C=CCC(Cc1ccccc1I)C(=C)C. The van der Waals surface area contributed by atoms with Crippen LogP contribution >= 0.6 is 22.6 Å². The fourth-order valence-corrected chi connectivity index (χ4v) is 2.20. The van der Waals surface area contributed by atoms with Gasteiger partial charge in [0.2, 0.25) is 0 Å². The highest BCUT2D eigenvalue weighted by molar-refractivity contribution is 14.1. The fourth-order valence-electron chi connectivity index (χ4n) is 1.59. The maximum absolute atomic E-state index is 4.05. The van der Waals surface area contributed by atoms with E-state index in [1.807, 2.05) is 6.08 Å². The minimum absolute atomic E-state index is 0.526. The van der Waals surface area contributed by atoms with Gasteiger partial charge in [0.1, 0.15) is 0 Å². The molecule has 80 valence electrons. The Balaban J connectivity index is 2.78. The van der Waals surface area contributed by atoms with Crippen LogP contribution in [-0.2, 0) is 6.42 Å². The van der Waals surface area contributed by atoms with E-state index in [-0.39, 0.29) is 0 Å². The third-order valence-electron chi connectivity index (χ3n) is 2.57. The van der Waals surface area contributed by atoms with Crippen LogP contribution in [0.4, 0.5) is 0 Å². The molecule has 0 nitrogen and oxygen atoms in total. The molecule has 1 aromatic carbocycles. The van der Waals surface area contributed by atoms with Crippen molar-refractivity contribution in [1.82, 2.24) is 0 Å². The summed E-state index contributed by atoms with van der Waals surface area (Å²) in [6.45, 7) is 9.95. The molecule has 15 heavy (non-hydrogen) atoms. The minimum Gasteiger partial charge on any atom is -0.103 e. The first-order chi connectivity index (χ1) is 7.15. The zero-order valence-electron chi connectivity index (χ0n) is 9.17. The van der Waals surface area contributed by atoms with Crippen LogP contribution in [0.1, 0.15) is 18.9 Å². The summed E-state index contributed by atoms with van der Waals surface area (Å²) in [7, 11) is 0. The van der Waals surface area contributed by atoms with E-state index in [9.17, 15) is 0 Å². The first-order valence-corrected chi connectivity index (χ1v) is 6.22. The summed E-state index contributed by atoms with van der Waals surface area (Å²) in [5.41, 5.74) is 2.66. The molecule has 1 heteroatoms. The molecule has 1 unspecified atom stereocenters. The quantitative estimate of drug-likeness (QED) is 0.550. The van der Waals surface area contributed by atoms with E-state index in [4.69, 9.17) is 0 Å². The lowest BCUT2D eigenvalue weighted by Crippen LogP contribution is -2.05. The second-order valence-electron chi connectivity index (χ2n) is 3.86. The largest absolute Gasteiger partial charge is 0.103 e. The van der Waals surface area contributed by atoms with Crippen molar-refractivity contribution in [2.24, 2.45) is 5.92 Å². The maximum atomic E-state index is 4.05. The lowest BCUT2D eigenvalue weighted by Gasteiger charge is -2.15. The first kappa shape index (κ1) is 12.5. The van der Waals surface area contributed by atoms with Gasteiger partial charge in [-0.2, -0.15) is 0 Å². The first-order valence-electron chi connectivity index (χ1n) is 5.15. The highest BCUT2D eigenvalue weighted by Gasteiger charge is 2.10. The summed E-state index contributed by atoms with van der Waals surface area (Å²) in [4.78, 5) is 0. The Morgan fingerprint density at radius 3 is 2.67 bits per heavy atom. The third-order valence-corrected chi connectivity index (χ3v) is 3.62. The highest BCUT2D eigenvalue weighted by atomic mass is 127. The molecule has 1 rings (SSSR count). The third kappa shape index (κ3) is 3.82. The van der Waals surface area contributed by atoms with Gasteiger partial charge in [0.15, 0.2) is 0 Å². The fraction of sp³-hybridized carbons (Fsp3) is 0.286. The minimum atomic E-state index is 0.526. The van der Waals surface area contributed by atoms with Gasteiger partial charge < -0.3 is 0 Å².